The molecule has 124 valence electrons. The van der Waals surface area contributed by atoms with Crippen molar-refractivity contribution in [2.45, 2.75) is 6.29 Å². The van der Waals surface area contributed by atoms with E-state index in [0.717, 1.165) is 31.9 Å². The number of guanidine groups is 1. The first-order valence-corrected chi connectivity index (χ1v) is 8.53. The normalized spacial score (nSPS) is 17.4. The molecule has 4 aromatic rings. The number of nitrogens with zero attached hydrogens (tertiary/aromatic N) is 4. The summed E-state index contributed by atoms with van der Waals surface area (Å²) in [6.45, 7) is 0. The summed E-state index contributed by atoms with van der Waals surface area (Å²) in [5.41, 5.74) is 12.1. The summed E-state index contributed by atoms with van der Waals surface area (Å²) in [7, 11) is 0. The number of aliphatic imine (C=N–C) groups is 1. The summed E-state index contributed by atoms with van der Waals surface area (Å²) in [5.74, 6) is 0.374. The lowest BCUT2D eigenvalue weighted by atomic mass is 10.2. The average molecular weight is 350 g/mol. The molecule has 5 N–H and O–H groups in total. The van der Waals surface area contributed by atoms with Crippen LogP contribution < -0.4 is 21.5 Å². The van der Waals surface area contributed by atoms with E-state index in [1.807, 2.05) is 42.5 Å². The van der Waals surface area contributed by atoms with Gasteiger partial charge in [0.1, 0.15) is 0 Å². The number of para-hydroxylation sites is 1. The Bertz CT molecular complexity index is 1060. The molecule has 0 radical (unpaired) electrons. The van der Waals surface area contributed by atoms with Crippen LogP contribution in [0.15, 0.2) is 53.7 Å². The number of fused-ring (bicyclic) bond motifs is 2. The SMILES string of the molecule is NC1=NC(Nc2ccc3cn[nH]c3c2)NN1c1nc2ccccc2s1. The number of hydrogen-bond acceptors (Lipinski definition) is 8. The molecule has 0 saturated heterocycles. The highest BCUT2D eigenvalue weighted by atomic mass is 32.1. The Labute approximate surface area is 146 Å². The van der Waals surface area contributed by atoms with Crippen molar-refractivity contribution in [1.82, 2.24) is 20.6 Å². The van der Waals surface area contributed by atoms with Crippen LogP contribution in [0.4, 0.5) is 10.8 Å². The molecular formula is C16H14N8S. The summed E-state index contributed by atoms with van der Waals surface area (Å²) >= 11 is 1.56. The van der Waals surface area contributed by atoms with Crippen LogP contribution in [-0.2, 0) is 0 Å². The van der Waals surface area contributed by atoms with Gasteiger partial charge in [0.15, 0.2) is 6.29 Å². The number of hydrazine groups is 1. The molecule has 1 aliphatic heterocycles. The molecule has 8 nitrogen and oxygen atoms in total. The molecule has 9 heteroatoms. The van der Waals surface area contributed by atoms with Crippen LogP contribution in [0.2, 0.25) is 0 Å². The number of nitrogens with two attached hydrogens (primary N) is 1. The molecule has 0 spiro atoms. The maximum Gasteiger partial charge on any atom is 0.216 e. The predicted molar refractivity (Wildman–Crippen MR) is 100 cm³/mol. The van der Waals surface area contributed by atoms with Gasteiger partial charge in [-0.1, -0.05) is 23.5 Å². The highest BCUT2D eigenvalue weighted by Gasteiger charge is 2.26. The largest absolute Gasteiger partial charge is 0.368 e. The number of thiazole rings is 1. The van der Waals surface area contributed by atoms with Crippen molar-refractivity contribution < 1.29 is 0 Å². The molecule has 2 aromatic carbocycles. The summed E-state index contributed by atoms with van der Waals surface area (Å²) < 4.78 is 1.10. The molecule has 2 aromatic heterocycles. The maximum absolute atomic E-state index is 6.07. The van der Waals surface area contributed by atoms with E-state index >= 15 is 0 Å². The highest BCUT2D eigenvalue weighted by molar-refractivity contribution is 7.22. The number of aromatic nitrogens is 3. The van der Waals surface area contributed by atoms with Crippen molar-refractivity contribution >= 4 is 49.2 Å². The predicted octanol–water partition coefficient (Wildman–Crippen LogP) is 2.21. The first-order chi connectivity index (χ1) is 12.3. The van der Waals surface area contributed by atoms with Crippen LogP contribution in [-0.4, -0.2) is 27.4 Å². The zero-order chi connectivity index (χ0) is 16.8. The summed E-state index contributed by atoms with van der Waals surface area (Å²) in [4.78, 5) is 9.02. The van der Waals surface area contributed by atoms with Gasteiger partial charge in [0.05, 0.1) is 21.9 Å². The van der Waals surface area contributed by atoms with Gasteiger partial charge in [0, 0.05) is 11.1 Å². The van der Waals surface area contributed by atoms with Gasteiger partial charge in [-0.15, -0.1) is 0 Å². The summed E-state index contributed by atoms with van der Waals surface area (Å²) in [5, 5.41) is 13.8. The Morgan fingerprint density at radius 3 is 3.04 bits per heavy atom. The molecule has 1 aliphatic rings. The van der Waals surface area contributed by atoms with Gasteiger partial charge in [-0.3, -0.25) is 5.10 Å². The van der Waals surface area contributed by atoms with E-state index in [1.165, 1.54) is 0 Å². The summed E-state index contributed by atoms with van der Waals surface area (Å²) in [6, 6.07) is 13.9. The second-order valence-electron chi connectivity index (χ2n) is 5.63. The third-order valence-electron chi connectivity index (χ3n) is 3.96. The van der Waals surface area contributed by atoms with Crippen molar-refractivity contribution in [3.63, 3.8) is 0 Å². The van der Waals surface area contributed by atoms with Crippen molar-refractivity contribution in [1.29, 1.82) is 0 Å². The maximum atomic E-state index is 6.07. The van der Waals surface area contributed by atoms with Crippen LogP contribution in [0.5, 0.6) is 0 Å². The minimum atomic E-state index is -0.368. The molecule has 0 fully saturated rings. The Hall–Kier alpha value is -3.17. The average Bonchev–Trinajstić information content (AvgIpc) is 3.31. The van der Waals surface area contributed by atoms with Crippen molar-refractivity contribution in [2.75, 3.05) is 10.3 Å². The molecule has 1 atom stereocenters. The van der Waals surface area contributed by atoms with Gasteiger partial charge in [0.25, 0.3) is 0 Å². The molecule has 0 saturated carbocycles. The van der Waals surface area contributed by atoms with Crippen molar-refractivity contribution in [3.05, 3.63) is 48.7 Å². The lowest BCUT2D eigenvalue weighted by Crippen LogP contribution is -2.45. The first kappa shape index (κ1) is 14.2. The number of rotatable bonds is 3. The Morgan fingerprint density at radius 2 is 2.12 bits per heavy atom. The van der Waals surface area contributed by atoms with E-state index in [4.69, 9.17) is 5.73 Å². The van der Waals surface area contributed by atoms with Crippen LogP contribution in [0.1, 0.15) is 0 Å². The Balaban J connectivity index is 1.38. The third kappa shape index (κ3) is 2.46. The van der Waals surface area contributed by atoms with Crippen LogP contribution in [0.3, 0.4) is 0 Å². The van der Waals surface area contributed by atoms with E-state index in [2.05, 4.69) is 30.9 Å². The van der Waals surface area contributed by atoms with Crippen molar-refractivity contribution in [3.8, 4) is 0 Å². The molecule has 25 heavy (non-hydrogen) atoms. The van der Waals surface area contributed by atoms with E-state index < -0.39 is 0 Å². The van der Waals surface area contributed by atoms with Gasteiger partial charge in [-0.2, -0.15) is 10.5 Å². The highest BCUT2D eigenvalue weighted by Crippen LogP contribution is 2.29. The first-order valence-electron chi connectivity index (χ1n) is 7.71. The molecule has 5 rings (SSSR count). The standard InChI is InChI=1S/C16H14N8S/c17-14-21-15(19-10-6-5-9-8-18-22-12(9)7-10)23-24(14)16-20-11-3-1-2-4-13(11)25-16/h1-8,15,19,23H,(H2,17,21)(H,18,22). The number of benzene rings is 2. The zero-order valence-corrected chi connectivity index (χ0v) is 13.8. The van der Waals surface area contributed by atoms with Crippen LogP contribution in [0, 0.1) is 0 Å². The van der Waals surface area contributed by atoms with Crippen LogP contribution in [0.25, 0.3) is 21.1 Å². The second-order valence-corrected chi connectivity index (χ2v) is 6.64. The number of H-pyrrole nitrogens is 1. The third-order valence-corrected chi connectivity index (χ3v) is 4.98. The Morgan fingerprint density at radius 1 is 1.20 bits per heavy atom. The van der Waals surface area contributed by atoms with E-state index in [1.54, 1.807) is 22.5 Å². The van der Waals surface area contributed by atoms with Gasteiger partial charge >= 0.3 is 0 Å². The van der Waals surface area contributed by atoms with Crippen molar-refractivity contribution in [2.24, 2.45) is 10.7 Å². The number of nitrogens with one attached hydrogen (secondary N) is 3. The number of anilines is 2. The second kappa shape index (κ2) is 5.43. The molecule has 0 amide bonds. The molecule has 1 unspecified atom stereocenters. The van der Waals surface area contributed by atoms with Gasteiger partial charge in [0.2, 0.25) is 11.1 Å². The fourth-order valence-electron chi connectivity index (χ4n) is 2.77. The van der Waals surface area contributed by atoms with Gasteiger partial charge < -0.3 is 11.1 Å². The quantitative estimate of drug-likeness (QED) is 0.451. The smallest absolute Gasteiger partial charge is 0.216 e. The van der Waals surface area contributed by atoms with E-state index in [-0.39, 0.29) is 6.29 Å². The molecule has 0 bridgehead atoms. The lowest BCUT2D eigenvalue weighted by Gasteiger charge is -2.17. The number of aromatic amines is 1. The van der Waals surface area contributed by atoms with E-state index in [9.17, 15) is 0 Å². The monoisotopic (exact) mass is 350 g/mol. The zero-order valence-electron chi connectivity index (χ0n) is 13.0. The minimum Gasteiger partial charge on any atom is -0.368 e. The lowest BCUT2D eigenvalue weighted by molar-refractivity contribution is 0.644. The fourth-order valence-corrected chi connectivity index (χ4v) is 3.71. The van der Waals surface area contributed by atoms with Gasteiger partial charge in [-0.05, 0) is 30.3 Å². The number of hydrogen-bond donors (Lipinski definition) is 4. The van der Waals surface area contributed by atoms with Gasteiger partial charge in [-0.25, -0.2) is 15.0 Å². The summed E-state index contributed by atoms with van der Waals surface area (Å²) in [6.07, 6.45) is 1.42. The van der Waals surface area contributed by atoms with E-state index in [0.29, 0.717) is 5.96 Å². The Kier molecular flexibility index (Phi) is 3.08. The molecule has 3 heterocycles. The topological polar surface area (TPSA) is 107 Å². The van der Waals surface area contributed by atoms with Crippen LogP contribution >= 0.6 is 11.3 Å². The molecule has 0 aliphatic carbocycles. The minimum absolute atomic E-state index is 0.368. The molecular weight excluding hydrogens is 336 g/mol. The fraction of sp³-hybridized carbons (Fsp3) is 0.0625.